The zero-order valence-electron chi connectivity index (χ0n) is 12.8. The summed E-state index contributed by atoms with van der Waals surface area (Å²) in [4.78, 5) is 27.5. The van der Waals surface area contributed by atoms with Gasteiger partial charge >= 0.3 is 0 Å². The van der Waals surface area contributed by atoms with Gasteiger partial charge in [-0.2, -0.15) is 0 Å². The van der Waals surface area contributed by atoms with Crippen LogP contribution in [0.1, 0.15) is 28.9 Å². The Hall–Kier alpha value is -1.92. The van der Waals surface area contributed by atoms with Crippen molar-refractivity contribution in [2.45, 2.75) is 25.3 Å². The fourth-order valence-electron chi connectivity index (χ4n) is 2.79. The molecule has 1 saturated heterocycles. The van der Waals surface area contributed by atoms with E-state index in [-0.39, 0.29) is 16.8 Å². The summed E-state index contributed by atoms with van der Waals surface area (Å²) in [5.74, 6) is -0.939. The van der Waals surface area contributed by atoms with Gasteiger partial charge in [0.2, 0.25) is 5.91 Å². The largest absolute Gasteiger partial charge is 0.326 e. The molecule has 2 heterocycles. The molecular formula is C17H16ClFN2O2S. The standard InChI is InChI=1S/C17H16ClFN2O2S/c18-12-10-11(6-7-13(12)19)20-16(22)14-4-1-2-8-21(14)17(23)15-5-3-9-24-15/h3,5-7,9-10,14H,1-2,4,8H2,(H,20,22)/t14-/m0/s1. The number of nitrogens with zero attached hydrogens (tertiary/aromatic N) is 1. The molecule has 4 nitrogen and oxygen atoms in total. The number of hydrogen-bond acceptors (Lipinski definition) is 3. The summed E-state index contributed by atoms with van der Waals surface area (Å²) in [5, 5.41) is 4.52. The summed E-state index contributed by atoms with van der Waals surface area (Å²) in [6.45, 7) is 0.555. The molecule has 1 aromatic carbocycles. The van der Waals surface area contributed by atoms with Crippen LogP contribution in [-0.2, 0) is 4.79 Å². The monoisotopic (exact) mass is 366 g/mol. The number of anilines is 1. The van der Waals surface area contributed by atoms with Gasteiger partial charge in [0.1, 0.15) is 11.9 Å². The maximum Gasteiger partial charge on any atom is 0.264 e. The number of hydrogen-bond donors (Lipinski definition) is 1. The lowest BCUT2D eigenvalue weighted by Crippen LogP contribution is -2.49. The Bertz CT molecular complexity index is 751. The Morgan fingerprint density at radius 2 is 2.12 bits per heavy atom. The molecule has 3 rings (SSSR count). The molecule has 1 fully saturated rings. The number of benzene rings is 1. The number of amides is 2. The number of rotatable bonds is 3. The van der Waals surface area contributed by atoms with Crippen molar-refractivity contribution in [3.63, 3.8) is 0 Å². The number of thiophene rings is 1. The van der Waals surface area contributed by atoms with Crippen LogP contribution in [0.5, 0.6) is 0 Å². The third kappa shape index (κ3) is 3.60. The van der Waals surface area contributed by atoms with E-state index in [1.54, 1.807) is 11.0 Å². The molecule has 7 heteroatoms. The molecule has 1 aliphatic heterocycles. The van der Waals surface area contributed by atoms with Crippen LogP contribution in [0, 0.1) is 5.82 Å². The highest BCUT2D eigenvalue weighted by molar-refractivity contribution is 7.12. The van der Waals surface area contributed by atoms with Crippen molar-refractivity contribution in [2.24, 2.45) is 0 Å². The van der Waals surface area contributed by atoms with Crippen LogP contribution in [0.2, 0.25) is 5.02 Å². The van der Waals surface area contributed by atoms with Crippen molar-refractivity contribution >= 4 is 40.4 Å². The molecule has 0 radical (unpaired) electrons. The van der Waals surface area contributed by atoms with E-state index < -0.39 is 11.9 Å². The topological polar surface area (TPSA) is 49.4 Å². The van der Waals surface area contributed by atoms with E-state index in [2.05, 4.69) is 5.32 Å². The van der Waals surface area contributed by atoms with Gasteiger partial charge in [-0.25, -0.2) is 4.39 Å². The van der Waals surface area contributed by atoms with Crippen LogP contribution in [0.3, 0.4) is 0 Å². The quantitative estimate of drug-likeness (QED) is 0.886. The molecule has 0 aliphatic carbocycles. The maximum absolute atomic E-state index is 13.2. The molecular weight excluding hydrogens is 351 g/mol. The van der Waals surface area contributed by atoms with E-state index in [1.807, 2.05) is 11.4 Å². The van der Waals surface area contributed by atoms with Gasteiger partial charge in [-0.3, -0.25) is 9.59 Å². The number of nitrogens with one attached hydrogen (secondary N) is 1. The third-order valence-electron chi connectivity index (χ3n) is 3.99. The van der Waals surface area contributed by atoms with Gasteiger partial charge in [0.25, 0.3) is 5.91 Å². The SMILES string of the molecule is O=C(Nc1ccc(F)c(Cl)c1)[C@@H]1CCCCN1C(=O)c1cccs1. The van der Waals surface area contributed by atoms with Crippen molar-refractivity contribution < 1.29 is 14.0 Å². The van der Waals surface area contributed by atoms with Gasteiger partial charge in [-0.1, -0.05) is 17.7 Å². The molecule has 2 amide bonds. The highest BCUT2D eigenvalue weighted by Crippen LogP contribution is 2.24. The summed E-state index contributed by atoms with van der Waals surface area (Å²) in [6, 6.07) is 7.06. The first kappa shape index (κ1) is 16.9. The van der Waals surface area contributed by atoms with Gasteiger partial charge in [0.15, 0.2) is 0 Å². The molecule has 1 aromatic heterocycles. The second-order valence-electron chi connectivity index (χ2n) is 5.61. The number of likely N-dealkylation sites (tertiary alicyclic amines) is 1. The average molecular weight is 367 g/mol. The van der Waals surface area contributed by atoms with Crippen molar-refractivity contribution in [3.8, 4) is 0 Å². The number of halogens is 2. The Kier molecular flexibility index (Phi) is 5.16. The minimum Gasteiger partial charge on any atom is -0.326 e. The molecule has 0 unspecified atom stereocenters. The summed E-state index contributed by atoms with van der Waals surface area (Å²) >= 11 is 7.10. The first-order valence-corrected chi connectivity index (χ1v) is 8.92. The minimum absolute atomic E-state index is 0.0528. The Labute approximate surface area is 148 Å². The van der Waals surface area contributed by atoms with E-state index >= 15 is 0 Å². The van der Waals surface area contributed by atoms with Gasteiger partial charge in [-0.05, 0) is 48.9 Å². The second-order valence-corrected chi connectivity index (χ2v) is 6.96. The summed E-state index contributed by atoms with van der Waals surface area (Å²) < 4.78 is 13.2. The smallest absolute Gasteiger partial charge is 0.264 e. The van der Waals surface area contributed by atoms with E-state index in [9.17, 15) is 14.0 Å². The van der Waals surface area contributed by atoms with Gasteiger partial charge in [0, 0.05) is 12.2 Å². The summed E-state index contributed by atoms with van der Waals surface area (Å²) in [5.41, 5.74) is 0.417. The molecule has 0 bridgehead atoms. The highest BCUT2D eigenvalue weighted by Gasteiger charge is 2.33. The van der Waals surface area contributed by atoms with Crippen molar-refractivity contribution in [3.05, 3.63) is 51.4 Å². The second kappa shape index (κ2) is 7.32. The number of carbonyl (C=O) groups excluding carboxylic acids is 2. The first-order valence-electron chi connectivity index (χ1n) is 7.66. The summed E-state index contributed by atoms with van der Waals surface area (Å²) in [6.07, 6.45) is 2.37. The average Bonchev–Trinajstić information content (AvgIpc) is 3.12. The van der Waals surface area contributed by atoms with Gasteiger partial charge < -0.3 is 10.2 Å². The number of carbonyl (C=O) groups is 2. The molecule has 1 atom stereocenters. The lowest BCUT2D eigenvalue weighted by molar-refractivity contribution is -0.121. The molecule has 1 N–H and O–H groups in total. The van der Waals surface area contributed by atoms with Crippen LogP contribution in [-0.4, -0.2) is 29.3 Å². The highest BCUT2D eigenvalue weighted by atomic mass is 35.5. The summed E-state index contributed by atoms with van der Waals surface area (Å²) in [7, 11) is 0. The predicted molar refractivity (Wildman–Crippen MR) is 93.0 cm³/mol. The Morgan fingerprint density at radius 3 is 2.83 bits per heavy atom. The Morgan fingerprint density at radius 1 is 1.29 bits per heavy atom. The van der Waals surface area contributed by atoms with Crippen LogP contribution in [0.15, 0.2) is 35.7 Å². The fourth-order valence-corrected chi connectivity index (χ4v) is 3.65. The van der Waals surface area contributed by atoms with E-state index in [1.165, 1.54) is 29.5 Å². The molecule has 126 valence electrons. The van der Waals surface area contributed by atoms with Crippen LogP contribution in [0.25, 0.3) is 0 Å². The van der Waals surface area contributed by atoms with Crippen LogP contribution in [0.4, 0.5) is 10.1 Å². The van der Waals surface area contributed by atoms with E-state index in [4.69, 9.17) is 11.6 Å². The lowest BCUT2D eigenvalue weighted by Gasteiger charge is -2.34. The van der Waals surface area contributed by atoms with Crippen molar-refractivity contribution in [2.75, 3.05) is 11.9 Å². The van der Waals surface area contributed by atoms with Gasteiger partial charge in [-0.15, -0.1) is 11.3 Å². The van der Waals surface area contributed by atoms with Crippen molar-refractivity contribution in [1.82, 2.24) is 4.90 Å². The van der Waals surface area contributed by atoms with Crippen molar-refractivity contribution in [1.29, 1.82) is 0 Å². The zero-order valence-corrected chi connectivity index (χ0v) is 14.4. The predicted octanol–water partition coefficient (Wildman–Crippen LogP) is 4.17. The van der Waals surface area contributed by atoms with Crippen LogP contribution >= 0.6 is 22.9 Å². The lowest BCUT2D eigenvalue weighted by atomic mass is 10.0. The molecule has 1 aliphatic rings. The molecule has 2 aromatic rings. The molecule has 24 heavy (non-hydrogen) atoms. The first-order chi connectivity index (χ1) is 11.6. The normalized spacial score (nSPS) is 17.6. The third-order valence-corrected chi connectivity index (χ3v) is 5.13. The molecule has 0 spiro atoms. The zero-order chi connectivity index (χ0) is 17.1. The number of piperidine rings is 1. The fraction of sp³-hybridized carbons (Fsp3) is 0.294. The van der Waals surface area contributed by atoms with E-state index in [0.29, 0.717) is 23.5 Å². The maximum atomic E-state index is 13.2. The molecule has 0 saturated carbocycles. The van der Waals surface area contributed by atoms with Gasteiger partial charge in [0.05, 0.1) is 9.90 Å². The van der Waals surface area contributed by atoms with E-state index in [0.717, 1.165) is 12.8 Å². The Balaban J connectivity index is 1.75. The van der Waals surface area contributed by atoms with Crippen LogP contribution < -0.4 is 5.32 Å². The minimum atomic E-state index is -0.540.